The first kappa shape index (κ1) is 16.0. The van der Waals surface area contributed by atoms with Crippen molar-refractivity contribution in [2.75, 3.05) is 20.8 Å². The normalized spacial score (nSPS) is 13.3. The molecule has 1 aromatic rings. The number of hydrogen-bond acceptors (Lipinski definition) is 5. The van der Waals surface area contributed by atoms with Gasteiger partial charge < -0.3 is 19.3 Å². The van der Waals surface area contributed by atoms with Crippen molar-refractivity contribution in [1.29, 1.82) is 0 Å². The number of rotatable bonds is 7. The molecule has 0 aliphatic heterocycles. The van der Waals surface area contributed by atoms with E-state index in [0.717, 1.165) is 5.56 Å². The number of methoxy groups -OCH3 is 2. The summed E-state index contributed by atoms with van der Waals surface area (Å²) >= 11 is 0. The molecule has 1 aromatic carbocycles. The number of esters is 1. The molecule has 0 saturated heterocycles. The summed E-state index contributed by atoms with van der Waals surface area (Å²) in [6.07, 6.45) is 0.343. The van der Waals surface area contributed by atoms with E-state index in [1.165, 1.54) is 14.2 Å². The first-order valence-electron chi connectivity index (χ1n) is 5.98. The number of hydrogen-bond donors (Lipinski definition) is 1. The molecule has 110 valence electrons. The minimum absolute atomic E-state index is 0.343. The Hall–Kier alpha value is -2.08. The highest BCUT2D eigenvalue weighted by Gasteiger charge is 2.34. The summed E-state index contributed by atoms with van der Waals surface area (Å²) in [4.78, 5) is 22.1. The lowest BCUT2D eigenvalue weighted by molar-refractivity contribution is -0.163. The van der Waals surface area contributed by atoms with E-state index in [0.29, 0.717) is 12.2 Å². The Morgan fingerprint density at radius 2 is 1.80 bits per heavy atom. The van der Waals surface area contributed by atoms with Crippen LogP contribution in [0.25, 0.3) is 0 Å². The number of benzene rings is 1. The third kappa shape index (κ3) is 4.24. The second-order valence-electron chi connectivity index (χ2n) is 4.43. The van der Waals surface area contributed by atoms with Gasteiger partial charge >= 0.3 is 11.9 Å². The number of carbonyl (C=O) groups is 2. The highest BCUT2D eigenvalue weighted by Crippen LogP contribution is 2.20. The van der Waals surface area contributed by atoms with Gasteiger partial charge in [0, 0.05) is 13.5 Å². The van der Waals surface area contributed by atoms with E-state index < -0.39 is 24.1 Å². The zero-order valence-electron chi connectivity index (χ0n) is 11.7. The maximum atomic E-state index is 11.7. The Kier molecular flexibility index (Phi) is 5.52. The molecule has 1 unspecified atom stereocenters. The first-order valence-corrected chi connectivity index (χ1v) is 5.98. The van der Waals surface area contributed by atoms with Crippen LogP contribution in [0, 0.1) is 0 Å². The molecule has 0 bridgehead atoms. The Balaban J connectivity index is 2.73. The van der Waals surface area contributed by atoms with E-state index in [2.05, 4.69) is 0 Å². The van der Waals surface area contributed by atoms with Gasteiger partial charge in [0.15, 0.2) is 12.2 Å². The van der Waals surface area contributed by atoms with Gasteiger partial charge in [-0.05, 0) is 24.6 Å². The predicted molar refractivity (Wildman–Crippen MR) is 70.7 cm³/mol. The second-order valence-corrected chi connectivity index (χ2v) is 4.43. The Labute approximate surface area is 117 Å². The molecule has 0 heterocycles. The summed E-state index contributed by atoms with van der Waals surface area (Å²) in [7, 11) is 2.75. The smallest absolute Gasteiger partial charge is 0.341 e. The standard InChI is InChI=1S/C14H18O6/c1-14(19-3,13(17)18-2)8-10-4-6-11(7-5-10)20-9-12(15)16/h4-7H,8-9H2,1-3H3,(H,15,16). The van der Waals surface area contributed by atoms with Crippen LogP contribution in [0.15, 0.2) is 24.3 Å². The van der Waals surface area contributed by atoms with Gasteiger partial charge in [0.05, 0.1) is 7.11 Å². The highest BCUT2D eigenvalue weighted by atomic mass is 16.6. The van der Waals surface area contributed by atoms with Crippen LogP contribution < -0.4 is 4.74 Å². The Morgan fingerprint density at radius 3 is 2.25 bits per heavy atom. The van der Waals surface area contributed by atoms with Crippen molar-refractivity contribution >= 4 is 11.9 Å². The van der Waals surface area contributed by atoms with Crippen molar-refractivity contribution in [2.45, 2.75) is 18.9 Å². The molecule has 20 heavy (non-hydrogen) atoms. The van der Waals surface area contributed by atoms with E-state index in [9.17, 15) is 9.59 Å². The number of carboxylic acids is 1. The summed E-state index contributed by atoms with van der Waals surface area (Å²) in [6.45, 7) is 1.25. The largest absolute Gasteiger partial charge is 0.482 e. The van der Waals surface area contributed by atoms with E-state index >= 15 is 0 Å². The van der Waals surface area contributed by atoms with E-state index in [-0.39, 0.29) is 0 Å². The van der Waals surface area contributed by atoms with Gasteiger partial charge in [0.1, 0.15) is 5.75 Å². The number of carbonyl (C=O) groups excluding carboxylic acids is 1. The third-order valence-electron chi connectivity index (χ3n) is 2.89. The molecule has 1 atom stereocenters. The molecule has 0 aromatic heterocycles. The molecule has 6 heteroatoms. The Morgan fingerprint density at radius 1 is 1.20 bits per heavy atom. The van der Waals surface area contributed by atoms with Crippen molar-refractivity contribution in [1.82, 2.24) is 0 Å². The fourth-order valence-corrected chi connectivity index (χ4v) is 1.68. The number of aliphatic carboxylic acids is 1. The fraction of sp³-hybridized carbons (Fsp3) is 0.429. The highest BCUT2D eigenvalue weighted by molar-refractivity contribution is 5.79. The molecule has 0 aliphatic rings. The molecule has 0 saturated carbocycles. The summed E-state index contributed by atoms with van der Waals surface area (Å²) in [5.74, 6) is -1.04. The second kappa shape index (κ2) is 6.91. The SMILES string of the molecule is COC(=O)C(C)(Cc1ccc(OCC(=O)O)cc1)OC. The Bertz CT molecular complexity index is 467. The van der Waals surface area contributed by atoms with Crippen LogP contribution >= 0.6 is 0 Å². The zero-order valence-corrected chi connectivity index (χ0v) is 11.7. The van der Waals surface area contributed by atoms with Crippen LogP contribution in [0.3, 0.4) is 0 Å². The molecular weight excluding hydrogens is 264 g/mol. The summed E-state index contributed by atoms with van der Waals surface area (Å²) in [5, 5.41) is 8.51. The molecule has 1 N–H and O–H groups in total. The van der Waals surface area contributed by atoms with Crippen LogP contribution in [-0.2, 0) is 25.5 Å². The van der Waals surface area contributed by atoms with Gasteiger partial charge in [-0.25, -0.2) is 9.59 Å². The molecular formula is C14H18O6. The average molecular weight is 282 g/mol. The van der Waals surface area contributed by atoms with Crippen molar-refractivity contribution in [2.24, 2.45) is 0 Å². The monoisotopic (exact) mass is 282 g/mol. The molecule has 0 spiro atoms. The van der Waals surface area contributed by atoms with Crippen molar-refractivity contribution in [3.8, 4) is 5.75 Å². The lowest BCUT2D eigenvalue weighted by Crippen LogP contribution is -2.40. The summed E-state index contributed by atoms with van der Waals surface area (Å²) in [6, 6.07) is 6.78. The quantitative estimate of drug-likeness (QED) is 0.758. The molecule has 0 radical (unpaired) electrons. The van der Waals surface area contributed by atoms with Gasteiger partial charge in [0.2, 0.25) is 0 Å². The molecule has 6 nitrogen and oxygen atoms in total. The van der Waals surface area contributed by atoms with Crippen molar-refractivity contribution in [3.63, 3.8) is 0 Å². The van der Waals surface area contributed by atoms with Crippen molar-refractivity contribution < 1.29 is 28.9 Å². The van der Waals surface area contributed by atoms with Gasteiger partial charge in [-0.1, -0.05) is 12.1 Å². The van der Waals surface area contributed by atoms with Crippen LogP contribution in [0.2, 0.25) is 0 Å². The molecule has 0 aliphatic carbocycles. The van der Waals surface area contributed by atoms with Crippen LogP contribution in [0.1, 0.15) is 12.5 Å². The van der Waals surface area contributed by atoms with E-state index in [1.807, 2.05) is 0 Å². The third-order valence-corrected chi connectivity index (χ3v) is 2.89. The topological polar surface area (TPSA) is 82.1 Å². The van der Waals surface area contributed by atoms with Crippen molar-refractivity contribution in [3.05, 3.63) is 29.8 Å². The fourth-order valence-electron chi connectivity index (χ4n) is 1.68. The van der Waals surface area contributed by atoms with E-state index in [1.54, 1.807) is 31.2 Å². The van der Waals surface area contributed by atoms with E-state index in [4.69, 9.17) is 19.3 Å². The summed E-state index contributed by atoms with van der Waals surface area (Å²) in [5.41, 5.74) is -0.208. The van der Waals surface area contributed by atoms with Crippen LogP contribution in [-0.4, -0.2) is 43.5 Å². The molecule has 0 amide bonds. The number of ether oxygens (including phenoxy) is 3. The molecule has 0 fully saturated rings. The van der Waals surface area contributed by atoms with Gasteiger partial charge in [-0.15, -0.1) is 0 Å². The first-order chi connectivity index (χ1) is 9.41. The lowest BCUT2D eigenvalue weighted by Gasteiger charge is -2.25. The number of carboxylic acid groups (broad SMARTS) is 1. The minimum atomic E-state index is -1.06. The zero-order chi connectivity index (χ0) is 15.2. The maximum absolute atomic E-state index is 11.7. The summed E-state index contributed by atoms with van der Waals surface area (Å²) < 4.78 is 15.0. The van der Waals surface area contributed by atoms with Gasteiger partial charge in [-0.3, -0.25) is 0 Å². The lowest BCUT2D eigenvalue weighted by atomic mass is 9.96. The van der Waals surface area contributed by atoms with Gasteiger partial charge in [-0.2, -0.15) is 0 Å². The average Bonchev–Trinajstić information content (AvgIpc) is 2.45. The van der Waals surface area contributed by atoms with Gasteiger partial charge in [0.25, 0.3) is 0 Å². The maximum Gasteiger partial charge on any atom is 0.341 e. The minimum Gasteiger partial charge on any atom is -0.482 e. The predicted octanol–water partition coefficient (Wildman–Crippen LogP) is 1.27. The van der Waals surface area contributed by atoms with Crippen LogP contribution in [0.4, 0.5) is 0 Å². The van der Waals surface area contributed by atoms with Crippen LogP contribution in [0.5, 0.6) is 5.75 Å². The molecule has 1 rings (SSSR count).